The fraction of sp³-hybridized carbons (Fsp3) is 0.435. The molecule has 0 radical (unpaired) electrons. The van der Waals surface area contributed by atoms with E-state index in [-0.39, 0.29) is 16.2 Å². The quantitative estimate of drug-likeness (QED) is 0.297. The molecule has 0 unspecified atom stereocenters. The molecule has 0 spiro atoms. The third kappa shape index (κ3) is 3.92. The van der Waals surface area contributed by atoms with E-state index in [0.717, 1.165) is 36.1 Å². The van der Waals surface area contributed by atoms with E-state index in [1.165, 1.54) is 21.8 Å². The van der Waals surface area contributed by atoms with E-state index < -0.39 is 0 Å². The zero-order valence-electron chi connectivity index (χ0n) is 18.6. The Hall–Kier alpha value is -3.07. The lowest BCUT2D eigenvalue weighted by Crippen LogP contribution is -2.23. The minimum absolute atomic E-state index is 0.0289. The molecular formula is C23H27N5O3S. The second-order valence-electron chi connectivity index (χ2n) is 7.81. The van der Waals surface area contributed by atoms with Crippen LogP contribution < -0.4 is 10.5 Å². The number of benzene rings is 1. The number of nitro groups is 1. The molecule has 4 rings (SSSR count). The third-order valence-corrected chi connectivity index (χ3v) is 7.16. The number of hydrogen-bond donors (Lipinski definition) is 0. The van der Waals surface area contributed by atoms with Gasteiger partial charge in [0, 0.05) is 36.0 Å². The molecule has 0 bridgehead atoms. The van der Waals surface area contributed by atoms with E-state index >= 15 is 0 Å². The van der Waals surface area contributed by atoms with Crippen molar-refractivity contribution in [3.05, 3.63) is 60.5 Å². The number of aryl methyl sites for hydroxylation is 3. The second-order valence-corrected chi connectivity index (χ2v) is 8.90. The van der Waals surface area contributed by atoms with Crippen LogP contribution in [-0.2, 0) is 19.3 Å². The third-order valence-electron chi connectivity index (χ3n) is 5.97. The maximum Gasteiger partial charge on any atom is 0.293 e. The van der Waals surface area contributed by atoms with Crippen molar-refractivity contribution >= 4 is 39.1 Å². The van der Waals surface area contributed by atoms with E-state index in [1.54, 1.807) is 23.5 Å². The van der Waals surface area contributed by atoms with Crippen LogP contribution in [0.25, 0.3) is 10.2 Å². The van der Waals surface area contributed by atoms with Gasteiger partial charge in [-0.15, -0.1) is 11.3 Å². The Labute approximate surface area is 190 Å². The van der Waals surface area contributed by atoms with Crippen LogP contribution in [0.4, 0.5) is 11.4 Å². The molecule has 0 N–H and O–H groups in total. The van der Waals surface area contributed by atoms with Crippen LogP contribution in [-0.4, -0.2) is 33.9 Å². The lowest BCUT2D eigenvalue weighted by atomic mass is 9.97. The van der Waals surface area contributed by atoms with Crippen molar-refractivity contribution in [2.24, 2.45) is 5.10 Å². The van der Waals surface area contributed by atoms with Crippen molar-refractivity contribution in [3.8, 4) is 0 Å². The number of nitrogens with zero attached hydrogens (tertiary/aromatic N) is 5. The van der Waals surface area contributed by atoms with Gasteiger partial charge >= 0.3 is 0 Å². The summed E-state index contributed by atoms with van der Waals surface area (Å²) in [5, 5.41) is 16.8. The average Bonchev–Trinajstić information content (AvgIpc) is 3.18. The first-order chi connectivity index (χ1) is 15.5. The smallest absolute Gasteiger partial charge is 0.293 e. The first-order valence-corrected chi connectivity index (χ1v) is 11.9. The molecule has 1 aliphatic rings. The highest BCUT2D eigenvalue weighted by Crippen LogP contribution is 2.34. The number of anilines is 1. The Morgan fingerprint density at radius 1 is 1.25 bits per heavy atom. The van der Waals surface area contributed by atoms with Crippen molar-refractivity contribution in [1.29, 1.82) is 0 Å². The molecule has 0 amide bonds. The molecule has 0 saturated carbocycles. The van der Waals surface area contributed by atoms with Gasteiger partial charge in [0.05, 0.1) is 16.5 Å². The summed E-state index contributed by atoms with van der Waals surface area (Å²) in [6, 6.07) is 5.04. The predicted octanol–water partition coefficient (Wildman–Crippen LogP) is 4.54. The SMILES string of the molecule is CCc1nc2sc3c(c2c(=O)n1N=Cc1ccc(N(CC)CC)c([N+](=O)[O-])c1)CCCC3. The van der Waals surface area contributed by atoms with Gasteiger partial charge in [-0.1, -0.05) is 13.0 Å². The minimum Gasteiger partial charge on any atom is -0.367 e. The van der Waals surface area contributed by atoms with Gasteiger partial charge in [0.15, 0.2) is 0 Å². The molecule has 1 aliphatic carbocycles. The molecule has 3 aromatic rings. The van der Waals surface area contributed by atoms with Gasteiger partial charge < -0.3 is 4.90 Å². The normalized spacial score (nSPS) is 13.6. The van der Waals surface area contributed by atoms with Crippen molar-refractivity contribution in [3.63, 3.8) is 0 Å². The van der Waals surface area contributed by atoms with Crippen LogP contribution in [0.2, 0.25) is 0 Å². The van der Waals surface area contributed by atoms with Gasteiger partial charge in [-0.2, -0.15) is 9.78 Å². The van der Waals surface area contributed by atoms with Crippen LogP contribution >= 0.6 is 11.3 Å². The molecule has 0 atom stereocenters. The van der Waals surface area contributed by atoms with Crippen LogP contribution in [0.5, 0.6) is 0 Å². The molecule has 9 heteroatoms. The summed E-state index contributed by atoms with van der Waals surface area (Å²) in [5.41, 5.74) is 2.14. The highest BCUT2D eigenvalue weighted by atomic mass is 32.1. The van der Waals surface area contributed by atoms with Crippen molar-refractivity contribution in [1.82, 2.24) is 9.66 Å². The van der Waals surface area contributed by atoms with Crippen LogP contribution in [0.15, 0.2) is 28.1 Å². The summed E-state index contributed by atoms with van der Waals surface area (Å²) >= 11 is 1.62. The highest BCUT2D eigenvalue weighted by Gasteiger charge is 2.22. The first kappa shape index (κ1) is 22.1. The molecule has 168 valence electrons. The van der Waals surface area contributed by atoms with Gasteiger partial charge in [-0.25, -0.2) is 4.98 Å². The lowest BCUT2D eigenvalue weighted by molar-refractivity contribution is -0.384. The Bertz CT molecular complexity index is 1260. The van der Waals surface area contributed by atoms with Crippen molar-refractivity contribution < 1.29 is 4.92 Å². The van der Waals surface area contributed by atoms with Crippen LogP contribution in [0.3, 0.4) is 0 Å². The average molecular weight is 454 g/mol. The van der Waals surface area contributed by atoms with E-state index in [2.05, 4.69) is 5.10 Å². The Morgan fingerprint density at radius 2 is 2.00 bits per heavy atom. The standard InChI is InChI=1S/C23H27N5O3S/c1-4-20-25-22-21(16-9-7-8-10-19(16)32-22)23(29)27(20)24-14-15-11-12-17(26(5-2)6-3)18(13-15)28(30)31/h11-14H,4-10H2,1-3H3. The molecule has 0 saturated heterocycles. The number of rotatable bonds is 7. The molecule has 0 fully saturated rings. The molecular weight excluding hydrogens is 426 g/mol. The summed E-state index contributed by atoms with van der Waals surface area (Å²) in [5.74, 6) is 0.589. The maximum atomic E-state index is 13.4. The van der Waals surface area contributed by atoms with E-state index in [4.69, 9.17) is 4.98 Å². The zero-order valence-corrected chi connectivity index (χ0v) is 19.4. The first-order valence-electron chi connectivity index (χ1n) is 11.1. The number of hydrogen-bond acceptors (Lipinski definition) is 7. The summed E-state index contributed by atoms with van der Waals surface area (Å²) < 4.78 is 1.36. The lowest BCUT2D eigenvalue weighted by Gasteiger charge is -2.20. The zero-order chi connectivity index (χ0) is 22.8. The largest absolute Gasteiger partial charge is 0.367 e. The molecule has 32 heavy (non-hydrogen) atoms. The second kappa shape index (κ2) is 9.20. The molecule has 2 heterocycles. The molecule has 8 nitrogen and oxygen atoms in total. The van der Waals surface area contributed by atoms with Gasteiger partial charge in [0.25, 0.3) is 11.2 Å². The predicted molar refractivity (Wildman–Crippen MR) is 130 cm³/mol. The van der Waals surface area contributed by atoms with Crippen molar-refractivity contribution in [2.45, 2.75) is 52.9 Å². The number of fused-ring (bicyclic) bond motifs is 3. The Kier molecular flexibility index (Phi) is 6.36. The Balaban J connectivity index is 1.78. The van der Waals surface area contributed by atoms with Gasteiger partial charge in [0.2, 0.25) is 0 Å². The van der Waals surface area contributed by atoms with Gasteiger partial charge in [0.1, 0.15) is 16.3 Å². The summed E-state index contributed by atoms with van der Waals surface area (Å²) in [6.07, 6.45) is 6.20. The topological polar surface area (TPSA) is 93.6 Å². The van der Waals surface area contributed by atoms with Crippen LogP contribution in [0.1, 0.15) is 55.4 Å². The van der Waals surface area contributed by atoms with Gasteiger partial charge in [-0.3, -0.25) is 14.9 Å². The molecule has 2 aromatic heterocycles. The Morgan fingerprint density at radius 3 is 2.69 bits per heavy atom. The molecule has 0 aliphatic heterocycles. The monoisotopic (exact) mass is 453 g/mol. The number of thiophene rings is 1. The summed E-state index contributed by atoms with van der Waals surface area (Å²) in [4.78, 5) is 33.4. The summed E-state index contributed by atoms with van der Waals surface area (Å²) in [7, 11) is 0. The number of nitro benzene ring substituents is 1. The van der Waals surface area contributed by atoms with Crippen LogP contribution in [0, 0.1) is 10.1 Å². The number of aromatic nitrogens is 2. The fourth-order valence-electron chi connectivity index (χ4n) is 4.31. The van der Waals surface area contributed by atoms with Gasteiger partial charge in [-0.05, 0) is 51.2 Å². The minimum atomic E-state index is -0.375. The van der Waals surface area contributed by atoms with Crippen molar-refractivity contribution in [2.75, 3.05) is 18.0 Å². The van der Waals surface area contributed by atoms with E-state index in [1.807, 2.05) is 25.7 Å². The fourth-order valence-corrected chi connectivity index (χ4v) is 5.58. The molecule has 1 aromatic carbocycles. The highest BCUT2D eigenvalue weighted by molar-refractivity contribution is 7.18. The van der Waals surface area contributed by atoms with E-state index in [9.17, 15) is 14.9 Å². The summed E-state index contributed by atoms with van der Waals surface area (Å²) in [6.45, 7) is 7.23. The maximum absolute atomic E-state index is 13.4. The van der Waals surface area contributed by atoms with E-state index in [0.29, 0.717) is 42.0 Å².